The molecule has 30 heavy (non-hydrogen) atoms. The smallest absolute Gasteiger partial charge is 0.338 e. The molecule has 0 bridgehead atoms. The lowest BCUT2D eigenvalue weighted by Crippen LogP contribution is -2.08. The van der Waals surface area contributed by atoms with Crippen molar-refractivity contribution in [1.82, 2.24) is 25.1 Å². The van der Waals surface area contributed by atoms with Crippen molar-refractivity contribution in [1.29, 1.82) is 0 Å². The minimum atomic E-state index is -4.41. The topological polar surface area (TPSA) is 97.6 Å². The highest BCUT2D eigenvalue weighted by atomic mass is 32.2. The second kappa shape index (κ2) is 8.11. The number of nitrogens with one attached hydrogen (secondary N) is 1. The molecule has 3 heterocycles. The van der Waals surface area contributed by atoms with Crippen LogP contribution in [0.4, 0.5) is 13.2 Å². The van der Waals surface area contributed by atoms with Crippen LogP contribution in [0, 0.1) is 0 Å². The molecule has 152 valence electrons. The van der Waals surface area contributed by atoms with Gasteiger partial charge in [-0.15, -0.1) is 0 Å². The SMILES string of the molecule is O=c1cc(-c2ccccn2)nc(SCc2nc(-c3ccc(C(F)(F)F)cc3)no2)[nH]1. The number of alkyl halides is 3. The van der Waals surface area contributed by atoms with E-state index >= 15 is 0 Å². The van der Waals surface area contributed by atoms with E-state index in [-0.39, 0.29) is 23.0 Å². The quantitative estimate of drug-likeness (QED) is 0.374. The molecule has 4 rings (SSSR count). The molecule has 0 atom stereocenters. The molecule has 11 heteroatoms. The maximum Gasteiger partial charge on any atom is 0.416 e. The number of H-pyrrole nitrogens is 1. The van der Waals surface area contributed by atoms with Gasteiger partial charge in [-0.25, -0.2) is 4.98 Å². The van der Waals surface area contributed by atoms with E-state index < -0.39 is 11.7 Å². The Labute approximate surface area is 171 Å². The summed E-state index contributed by atoms with van der Waals surface area (Å²) in [6.07, 6.45) is -2.81. The summed E-state index contributed by atoms with van der Waals surface area (Å²) >= 11 is 1.17. The van der Waals surface area contributed by atoms with Crippen molar-refractivity contribution in [3.8, 4) is 22.8 Å². The average Bonchev–Trinajstić information content (AvgIpc) is 3.21. The normalized spacial score (nSPS) is 11.6. The molecule has 7 nitrogen and oxygen atoms in total. The van der Waals surface area contributed by atoms with E-state index in [1.165, 1.54) is 30.0 Å². The summed E-state index contributed by atoms with van der Waals surface area (Å²) in [7, 11) is 0. The molecule has 0 unspecified atom stereocenters. The van der Waals surface area contributed by atoms with Gasteiger partial charge in [-0.05, 0) is 24.3 Å². The molecule has 0 aliphatic heterocycles. The van der Waals surface area contributed by atoms with Crippen LogP contribution < -0.4 is 5.56 Å². The Morgan fingerprint density at radius 2 is 1.83 bits per heavy atom. The van der Waals surface area contributed by atoms with Gasteiger partial charge in [0.15, 0.2) is 5.16 Å². The third kappa shape index (κ3) is 4.57. The summed E-state index contributed by atoms with van der Waals surface area (Å²) in [6.45, 7) is 0. The first kappa shape index (κ1) is 19.8. The standard InChI is InChI=1S/C19H12F3N5O2S/c20-19(21,22)12-6-4-11(5-7-12)17-26-16(29-27-17)10-30-18-24-14(9-15(28)25-18)13-3-1-2-8-23-13/h1-9H,10H2,(H,24,25,28). The first-order chi connectivity index (χ1) is 14.4. The third-order valence-electron chi connectivity index (χ3n) is 3.92. The molecular formula is C19H12F3N5O2S. The summed E-state index contributed by atoms with van der Waals surface area (Å²) < 4.78 is 43.1. The first-order valence-electron chi connectivity index (χ1n) is 8.54. The van der Waals surface area contributed by atoms with Gasteiger partial charge in [-0.1, -0.05) is 35.1 Å². The van der Waals surface area contributed by atoms with Crippen LogP contribution in [0.5, 0.6) is 0 Å². The number of rotatable bonds is 5. The van der Waals surface area contributed by atoms with Gasteiger partial charge in [0.05, 0.1) is 22.7 Å². The van der Waals surface area contributed by atoms with Gasteiger partial charge in [0.2, 0.25) is 11.7 Å². The summed E-state index contributed by atoms with van der Waals surface area (Å²) in [5, 5.41) is 4.14. The number of halogens is 3. The highest BCUT2D eigenvalue weighted by Crippen LogP contribution is 2.30. The van der Waals surface area contributed by atoms with E-state index in [2.05, 4.69) is 25.1 Å². The Kier molecular flexibility index (Phi) is 5.36. The molecule has 0 saturated carbocycles. The minimum Gasteiger partial charge on any atom is -0.338 e. The predicted molar refractivity (Wildman–Crippen MR) is 102 cm³/mol. The number of thioether (sulfide) groups is 1. The minimum absolute atomic E-state index is 0.169. The molecule has 4 aromatic rings. The van der Waals surface area contributed by atoms with E-state index in [0.29, 0.717) is 22.1 Å². The van der Waals surface area contributed by atoms with E-state index in [1.54, 1.807) is 24.4 Å². The fourth-order valence-electron chi connectivity index (χ4n) is 2.52. The molecule has 0 radical (unpaired) electrons. The van der Waals surface area contributed by atoms with Gasteiger partial charge in [0.1, 0.15) is 0 Å². The summed E-state index contributed by atoms with van der Waals surface area (Å²) in [5.74, 6) is 0.617. The van der Waals surface area contributed by atoms with Crippen molar-refractivity contribution in [3.63, 3.8) is 0 Å². The van der Waals surface area contributed by atoms with Crippen LogP contribution in [-0.4, -0.2) is 25.1 Å². The molecule has 3 aromatic heterocycles. The van der Waals surface area contributed by atoms with E-state index in [0.717, 1.165) is 12.1 Å². The lowest BCUT2D eigenvalue weighted by molar-refractivity contribution is -0.137. The van der Waals surface area contributed by atoms with E-state index in [9.17, 15) is 18.0 Å². The molecule has 1 aromatic carbocycles. The van der Waals surface area contributed by atoms with Crippen LogP contribution in [0.15, 0.2) is 69.2 Å². The summed E-state index contributed by atoms with van der Waals surface area (Å²) in [4.78, 5) is 27.2. The van der Waals surface area contributed by atoms with Gasteiger partial charge in [0, 0.05) is 17.8 Å². The lowest BCUT2D eigenvalue weighted by atomic mass is 10.1. The molecule has 0 saturated heterocycles. The molecule has 0 spiro atoms. The maximum atomic E-state index is 12.7. The van der Waals surface area contributed by atoms with Crippen LogP contribution >= 0.6 is 11.8 Å². The van der Waals surface area contributed by atoms with Crippen molar-refractivity contribution < 1.29 is 17.7 Å². The number of hydrogen-bond acceptors (Lipinski definition) is 7. The number of pyridine rings is 1. The molecule has 0 aliphatic rings. The Morgan fingerprint density at radius 3 is 2.53 bits per heavy atom. The first-order valence-corrected chi connectivity index (χ1v) is 9.53. The van der Waals surface area contributed by atoms with Crippen LogP contribution in [0.25, 0.3) is 22.8 Å². The van der Waals surface area contributed by atoms with Crippen LogP contribution in [-0.2, 0) is 11.9 Å². The van der Waals surface area contributed by atoms with Crippen molar-refractivity contribution in [2.75, 3.05) is 0 Å². The monoisotopic (exact) mass is 431 g/mol. The maximum absolute atomic E-state index is 12.7. The molecule has 0 fully saturated rings. The molecular weight excluding hydrogens is 419 g/mol. The van der Waals surface area contributed by atoms with Gasteiger partial charge >= 0.3 is 6.18 Å². The molecule has 0 amide bonds. The summed E-state index contributed by atoms with van der Waals surface area (Å²) in [5.41, 5.74) is 0.301. The van der Waals surface area contributed by atoms with Gasteiger partial charge in [-0.2, -0.15) is 18.2 Å². The fourth-order valence-corrected chi connectivity index (χ4v) is 3.23. The van der Waals surface area contributed by atoms with E-state index in [1.807, 2.05) is 0 Å². The number of nitrogens with zero attached hydrogens (tertiary/aromatic N) is 4. The Balaban J connectivity index is 1.47. The zero-order chi connectivity index (χ0) is 21.1. The highest BCUT2D eigenvalue weighted by molar-refractivity contribution is 7.98. The zero-order valence-corrected chi connectivity index (χ0v) is 15.9. The number of benzene rings is 1. The number of aromatic nitrogens is 5. The van der Waals surface area contributed by atoms with Gasteiger partial charge in [0.25, 0.3) is 5.56 Å². The predicted octanol–water partition coefficient (Wildman–Crippen LogP) is 4.19. The number of aromatic amines is 1. The Bertz CT molecular complexity index is 1210. The Hall–Kier alpha value is -3.47. The largest absolute Gasteiger partial charge is 0.416 e. The fraction of sp³-hybridized carbons (Fsp3) is 0.105. The van der Waals surface area contributed by atoms with Crippen LogP contribution in [0.2, 0.25) is 0 Å². The van der Waals surface area contributed by atoms with Gasteiger partial charge in [-0.3, -0.25) is 9.78 Å². The Morgan fingerprint density at radius 1 is 1.03 bits per heavy atom. The van der Waals surface area contributed by atoms with E-state index in [4.69, 9.17) is 4.52 Å². The third-order valence-corrected chi connectivity index (χ3v) is 4.78. The van der Waals surface area contributed by atoms with Gasteiger partial charge < -0.3 is 9.51 Å². The van der Waals surface area contributed by atoms with Crippen LogP contribution in [0.1, 0.15) is 11.5 Å². The lowest BCUT2D eigenvalue weighted by Gasteiger charge is -2.05. The van der Waals surface area contributed by atoms with Crippen molar-refractivity contribution in [3.05, 3.63) is 76.5 Å². The second-order valence-corrected chi connectivity index (χ2v) is 6.99. The zero-order valence-electron chi connectivity index (χ0n) is 15.1. The summed E-state index contributed by atoms with van der Waals surface area (Å²) in [6, 6.07) is 11.1. The van der Waals surface area contributed by atoms with Crippen molar-refractivity contribution in [2.45, 2.75) is 17.1 Å². The highest BCUT2D eigenvalue weighted by Gasteiger charge is 2.30. The average molecular weight is 431 g/mol. The van der Waals surface area contributed by atoms with Crippen molar-refractivity contribution >= 4 is 11.8 Å². The molecule has 0 aliphatic carbocycles. The van der Waals surface area contributed by atoms with Crippen molar-refractivity contribution in [2.24, 2.45) is 0 Å². The second-order valence-electron chi connectivity index (χ2n) is 6.03. The molecule has 1 N–H and O–H groups in total. The van der Waals surface area contributed by atoms with Crippen LogP contribution in [0.3, 0.4) is 0 Å². The number of hydrogen-bond donors (Lipinski definition) is 1.